The highest BCUT2D eigenvalue weighted by molar-refractivity contribution is 7.45. The van der Waals surface area contributed by atoms with Crippen molar-refractivity contribution in [3.8, 4) is 0 Å². The summed E-state index contributed by atoms with van der Waals surface area (Å²) in [6, 6.07) is 0. The van der Waals surface area contributed by atoms with Gasteiger partial charge in [-0.05, 0) is 83.5 Å². The molecule has 0 spiro atoms. The van der Waals surface area contributed by atoms with Crippen LogP contribution in [-0.4, -0.2) is 70.7 Å². The molecular formula is C51H92NO7P. The molecule has 2 unspecified atom stereocenters. The number of hydrogen-bond acceptors (Lipinski definition) is 7. The van der Waals surface area contributed by atoms with E-state index in [9.17, 15) is 14.3 Å². The number of esters is 1. The van der Waals surface area contributed by atoms with E-state index in [-0.39, 0.29) is 25.8 Å². The number of quaternary nitrogens is 1. The molecule has 0 fully saturated rings. The average molecular weight is 862 g/mol. The molecular weight excluding hydrogens is 770 g/mol. The molecule has 60 heavy (non-hydrogen) atoms. The second kappa shape index (κ2) is 43.6. The Balaban J connectivity index is 4.22. The zero-order valence-corrected chi connectivity index (χ0v) is 40.3. The summed E-state index contributed by atoms with van der Waals surface area (Å²) in [5.74, 6) is -0.349. The van der Waals surface area contributed by atoms with Gasteiger partial charge in [0.1, 0.15) is 19.3 Å². The number of nitrogens with zero attached hydrogens (tertiary/aromatic N) is 1. The smallest absolute Gasteiger partial charge is 0.306 e. The molecule has 0 radical (unpaired) electrons. The zero-order valence-electron chi connectivity index (χ0n) is 39.4. The molecule has 0 aliphatic rings. The number of allylic oxidation sites excluding steroid dienone is 12. The summed E-state index contributed by atoms with van der Waals surface area (Å²) in [5, 5.41) is 0. The lowest BCUT2D eigenvalue weighted by Gasteiger charge is -2.28. The first kappa shape index (κ1) is 57.9. The first-order chi connectivity index (χ1) is 29.1. The van der Waals surface area contributed by atoms with Gasteiger partial charge in [0.2, 0.25) is 0 Å². The largest absolute Gasteiger partial charge is 0.756 e. The van der Waals surface area contributed by atoms with Crippen molar-refractivity contribution in [3.63, 3.8) is 0 Å². The summed E-state index contributed by atoms with van der Waals surface area (Å²) in [6.45, 7) is 5.26. The third kappa shape index (κ3) is 47.0. The molecule has 2 atom stereocenters. The maximum Gasteiger partial charge on any atom is 0.306 e. The fraction of sp³-hybridized carbons (Fsp3) is 0.745. The van der Waals surface area contributed by atoms with E-state index in [1.165, 1.54) is 89.9 Å². The molecule has 0 aromatic heterocycles. The number of ether oxygens (including phenoxy) is 2. The van der Waals surface area contributed by atoms with Crippen molar-refractivity contribution in [1.82, 2.24) is 0 Å². The summed E-state index contributed by atoms with van der Waals surface area (Å²) < 4.78 is 34.7. The summed E-state index contributed by atoms with van der Waals surface area (Å²) in [7, 11) is 1.34. The van der Waals surface area contributed by atoms with Crippen molar-refractivity contribution in [3.05, 3.63) is 72.9 Å². The van der Waals surface area contributed by atoms with Gasteiger partial charge in [0.15, 0.2) is 0 Å². The van der Waals surface area contributed by atoms with E-state index in [4.69, 9.17) is 18.5 Å². The first-order valence-electron chi connectivity index (χ1n) is 24.2. The van der Waals surface area contributed by atoms with E-state index < -0.39 is 13.9 Å². The van der Waals surface area contributed by atoms with Crippen LogP contribution in [0.1, 0.15) is 187 Å². The lowest BCUT2D eigenvalue weighted by atomic mass is 10.1. The number of carbonyl (C=O) groups is 1. The number of rotatable bonds is 44. The molecule has 348 valence electrons. The molecule has 0 saturated carbocycles. The van der Waals surface area contributed by atoms with Crippen molar-refractivity contribution in [2.75, 3.05) is 54.1 Å². The van der Waals surface area contributed by atoms with Gasteiger partial charge in [0, 0.05) is 13.0 Å². The number of likely N-dealkylation sites (N-methyl/N-ethyl adjacent to an activating group) is 1. The van der Waals surface area contributed by atoms with Gasteiger partial charge in [-0.3, -0.25) is 9.36 Å². The van der Waals surface area contributed by atoms with Gasteiger partial charge in [0.05, 0.1) is 34.4 Å². The van der Waals surface area contributed by atoms with Gasteiger partial charge in [-0.15, -0.1) is 0 Å². The number of phosphoric ester groups is 1. The second-order valence-electron chi connectivity index (χ2n) is 17.1. The fourth-order valence-electron chi connectivity index (χ4n) is 6.27. The lowest BCUT2D eigenvalue weighted by molar-refractivity contribution is -0.870. The Morgan fingerprint density at radius 3 is 1.47 bits per heavy atom. The van der Waals surface area contributed by atoms with Crippen LogP contribution in [-0.2, 0) is 27.9 Å². The van der Waals surface area contributed by atoms with Crippen molar-refractivity contribution >= 4 is 13.8 Å². The maximum atomic E-state index is 12.7. The minimum Gasteiger partial charge on any atom is -0.756 e. The van der Waals surface area contributed by atoms with Crippen LogP contribution in [0.2, 0.25) is 0 Å². The minimum absolute atomic E-state index is 0.0193. The van der Waals surface area contributed by atoms with E-state index in [1.54, 1.807) is 0 Å². The predicted molar refractivity (Wildman–Crippen MR) is 254 cm³/mol. The predicted octanol–water partition coefficient (Wildman–Crippen LogP) is 14.0. The molecule has 0 aliphatic heterocycles. The molecule has 0 rings (SSSR count). The highest BCUT2D eigenvalue weighted by atomic mass is 31.2. The Labute approximate surface area is 370 Å². The molecule has 0 aliphatic carbocycles. The Hall–Kier alpha value is -2.06. The van der Waals surface area contributed by atoms with Crippen LogP contribution in [0, 0.1) is 0 Å². The van der Waals surface area contributed by atoms with Gasteiger partial charge in [-0.2, -0.15) is 0 Å². The molecule has 0 amide bonds. The first-order valence-corrected chi connectivity index (χ1v) is 25.6. The van der Waals surface area contributed by atoms with Crippen LogP contribution in [0.4, 0.5) is 0 Å². The van der Waals surface area contributed by atoms with E-state index in [0.717, 1.165) is 77.0 Å². The Morgan fingerprint density at radius 2 is 0.967 bits per heavy atom. The summed E-state index contributed by atoms with van der Waals surface area (Å²) >= 11 is 0. The molecule has 0 aromatic carbocycles. The van der Waals surface area contributed by atoms with E-state index in [0.29, 0.717) is 24.1 Å². The average Bonchev–Trinajstić information content (AvgIpc) is 3.20. The molecule has 0 aromatic rings. The molecule has 0 saturated heterocycles. The highest BCUT2D eigenvalue weighted by Gasteiger charge is 2.20. The van der Waals surface area contributed by atoms with Crippen LogP contribution in [0.5, 0.6) is 0 Å². The van der Waals surface area contributed by atoms with Crippen molar-refractivity contribution in [1.29, 1.82) is 0 Å². The van der Waals surface area contributed by atoms with Gasteiger partial charge in [0.25, 0.3) is 7.82 Å². The number of hydrogen-bond donors (Lipinski definition) is 0. The zero-order chi connectivity index (χ0) is 44.1. The third-order valence-corrected chi connectivity index (χ3v) is 11.0. The fourth-order valence-corrected chi connectivity index (χ4v) is 7.00. The topological polar surface area (TPSA) is 94.1 Å². The maximum absolute atomic E-state index is 12.7. The highest BCUT2D eigenvalue weighted by Crippen LogP contribution is 2.38. The van der Waals surface area contributed by atoms with Gasteiger partial charge in [-0.1, -0.05) is 170 Å². The molecule has 8 nitrogen and oxygen atoms in total. The second-order valence-corrected chi connectivity index (χ2v) is 18.5. The lowest BCUT2D eigenvalue weighted by Crippen LogP contribution is -2.37. The summed E-state index contributed by atoms with van der Waals surface area (Å²) in [5.41, 5.74) is 0. The third-order valence-electron chi connectivity index (χ3n) is 9.99. The van der Waals surface area contributed by atoms with E-state index >= 15 is 0 Å². The van der Waals surface area contributed by atoms with Gasteiger partial charge < -0.3 is 27.9 Å². The normalized spacial score (nSPS) is 14.3. The molecule has 0 heterocycles. The quantitative estimate of drug-likeness (QED) is 0.0198. The number of carbonyl (C=O) groups excluding carboxylic acids is 1. The van der Waals surface area contributed by atoms with Crippen molar-refractivity contribution < 1.29 is 37.3 Å². The van der Waals surface area contributed by atoms with Crippen LogP contribution in [0.3, 0.4) is 0 Å². The molecule has 9 heteroatoms. The Bertz CT molecular complexity index is 1190. The van der Waals surface area contributed by atoms with Crippen LogP contribution in [0.15, 0.2) is 72.9 Å². The monoisotopic (exact) mass is 862 g/mol. The molecule has 0 bridgehead atoms. The summed E-state index contributed by atoms with van der Waals surface area (Å²) in [4.78, 5) is 25.1. The standard InChI is InChI=1S/C51H92NO7P/c1-6-8-10-12-14-16-18-20-22-23-24-25-26-27-28-29-30-32-34-36-38-40-42-44-51(53)59-50(49-58-60(54,55)57-47-45-52(3,4)5)48-56-46-43-41-39-37-35-33-31-21-19-17-15-13-11-9-7-2/h8,10,14,16,19-22,24-25,27-28,50H,6-7,9,11-13,15,17-18,23,26,29-49H2,1-5H3/b10-8-,16-14-,21-19-,22-20-,25-24-,28-27-. The number of unbranched alkanes of at least 4 members (excludes halogenated alkanes) is 18. The van der Waals surface area contributed by atoms with Crippen LogP contribution in [0.25, 0.3) is 0 Å². The van der Waals surface area contributed by atoms with Gasteiger partial charge in [-0.25, -0.2) is 0 Å². The van der Waals surface area contributed by atoms with E-state index in [1.807, 2.05) is 21.1 Å². The van der Waals surface area contributed by atoms with Crippen LogP contribution >= 0.6 is 7.82 Å². The SMILES string of the molecule is CC/C=C\C/C=C\C/C=C\C/C=C\C/C=C\CCCCCCCCCC(=O)OC(COCCCCCCCC/C=C\CCCCCCC)COP(=O)([O-])OCC[N+](C)(C)C. The number of phosphoric acid groups is 1. The summed E-state index contributed by atoms with van der Waals surface area (Å²) in [6.07, 6.45) is 56.3. The Morgan fingerprint density at radius 1 is 0.533 bits per heavy atom. The van der Waals surface area contributed by atoms with E-state index in [2.05, 4.69) is 86.8 Å². The van der Waals surface area contributed by atoms with Crippen molar-refractivity contribution in [2.45, 2.75) is 193 Å². The van der Waals surface area contributed by atoms with Crippen LogP contribution < -0.4 is 4.89 Å². The molecule has 0 N–H and O–H groups in total. The minimum atomic E-state index is -4.54. The van der Waals surface area contributed by atoms with Gasteiger partial charge >= 0.3 is 5.97 Å². The Kier molecular flexibility index (Phi) is 42.1. The van der Waals surface area contributed by atoms with Crippen molar-refractivity contribution in [2.24, 2.45) is 0 Å².